The zero-order valence-electron chi connectivity index (χ0n) is 6.01. The molecule has 0 saturated carbocycles. The van der Waals surface area contributed by atoms with E-state index in [0.717, 1.165) is 0 Å². The first kappa shape index (κ1) is 8.12. The lowest BCUT2D eigenvalue weighted by Crippen LogP contribution is -2.25. The molecule has 1 heterocycles. The van der Waals surface area contributed by atoms with Gasteiger partial charge in [0, 0.05) is 12.4 Å². The minimum atomic E-state index is -0.849. The Hall–Kier alpha value is -1.98. The molecule has 1 aromatic rings. The van der Waals surface area contributed by atoms with Gasteiger partial charge in [-0.25, -0.2) is 0 Å². The Balaban J connectivity index is 3.05. The molecule has 6 heteroatoms. The summed E-state index contributed by atoms with van der Waals surface area (Å²) in [5, 5.41) is 11.1. The summed E-state index contributed by atoms with van der Waals surface area (Å²) in [5.41, 5.74) is 4.72. The van der Waals surface area contributed by atoms with Crippen LogP contribution in [0.2, 0.25) is 0 Å². The van der Waals surface area contributed by atoms with Crippen molar-refractivity contribution in [3.63, 3.8) is 0 Å². The van der Waals surface area contributed by atoms with Crippen LogP contribution in [0.1, 0.15) is 5.69 Å². The van der Waals surface area contributed by atoms with Crippen LogP contribution in [0.5, 0.6) is 0 Å². The molecule has 0 bridgehead atoms. The van der Waals surface area contributed by atoms with Crippen LogP contribution < -0.4 is 5.73 Å². The first-order valence-electron chi connectivity index (χ1n) is 3.04. The molecule has 1 aromatic heterocycles. The van der Waals surface area contributed by atoms with E-state index in [4.69, 9.17) is 10.9 Å². The van der Waals surface area contributed by atoms with Crippen molar-refractivity contribution in [2.24, 2.45) is 10.9 Å². The monoisotopic (exact) mass is 166 g/mol. The van der Waals surface area contributed by atoms with E-state index in [0.29, 0.717) is 0 Å². The van der Waals surface area contributed by atoms with Gasteiger partial charge < -0.3 is 10.9 Å². The van der Waals surface area contributed by atoms with Gasteiger partial charge in [0.1, 0.15) is 5.69 Å². The lowest BCUT2D eigenvalue weighted by molar-refractivity contribution is -0.112. The highest BCUT2D eigenvalue weighted by molar-refractivity contribution is 6.44. The lowest BCUT2D eigenvalue weighted by Gasteiger charge is -1.95. The molecule has 0 atom stereocenters. The van der Waals surface area contributed by atoms with E-state index in [1.165, 1.54) is 18.6 Å². The molecule has 0 unspecified atom stereocenters. The van der Waals surface area contributed by atoms with Crippen molar-refractivity contribution in [3.05, 3.63) is 24.3 Å². The highest BCUT2D eigenvalue weighted by Crippen LogP contribution is 1.92. The van der Waals surface area contributed by atoms with Crippen LogP contribution in [0, 0.1) is 0 Å². The van der Waals surface area contributed by atoms with E-state index in [1.807, 2.05) is 0 Å². The summed E-state index contributed by atoms with van der Waals surface area (Å²) in [6, 6.07) is 0. The number of carbonyl (C=O) groups is 1. The second-order valence-corrected chi connectivity index (χ2v) is 1.90. The van der Waals surface area contributed by atoms with E-state index in [2.05, 4.69) is 15.1 Å². The molecule has 12 heavy (non-hydrogen) atoms. The molecule has 0 radical (unpaired) electrons. The molecule has 0 spiro atoms. The van der Waals surface area contributed by atoms with Crippen LogP contribution >= 0.6 is 0 Å². The summed E-state index contributed by atoms with van der Waals surface area (Å²) >= 11 is 0. The predicted molar refractivity (Wildman–Crippen MR) is 39.5 cm³/mol. The lowest BCUT2D eigenvalue weighted by atomic mass is 10.3. The van der Waals surface area contributed by atoms with Crippen LogP contribution in [0.4, 0.5) is 0 Å². The fourth-order valence-electron chi connectivity index (χ4n) is 0.648. The van der Waals surface area contributed by atoms with Gasteiger partial charge >= 0.3 is 0 Å². The normalized spacial score (nSPS) is 11.2. The van der Waals surface area contributed by atoms with Crippen LogP contribution in [0.15, 0.2) is 23.7 Å². The highest BCUT2D eigenvalue weighted by Gasteiger charge is 2.11. The summed E-state index contributed by atoms with van der Waals surface area (Å²) in [4.78, 5) is 18.0. The van der Waals surface area contributed by atoms with Crippen molar-refractivity contribution in [1.29, 1.82) is 0 Å². The molecule has 0 aliphatic carbocycles. The van der Waals surface area contributed by atoms with E-state index in [1.54, 1.807) is 0 Å². The first-order valence-corrected chi connectivity index (χ1v) is 3.04. The molecule has 0 aromatic carbocycles. The fourth-order valence-corrected chi connectivity index (χ4v) is 0.648. The van der Waals surface area contributed by atoms with E-state index < -0.39 is 5.91 Å². The topological polar surface area (TPSA) is 101 Å². The molecule has 1 rings (SSSR count). The third-order valence-corrected chi connectivity index (χ3v) is 1.14. The number of carbonyl (C=O) groups excluding carboxylic acids is 1. The summed E-state index contributed by atoms with van der Waals surface area (Å²) in [7, 11) is 0. The predicted octanol–water partition coefficient (Wildman–Crippen LogP) is -0.860. The number of amides is 1. The molecule has 0 aliphatic rings. The number of hydrogen-bond donors (Lipinski definition) is 2. The van der Waals surface area contributed by atoms with Crippen LogP contribution in [0.3, 0.4) is 0 Å². The number of hydrogen-bond acceptors (Lipinski definition) is 5. The van der Waals surface area contributed by atoms with E-state index in [-0.39, 0.29) is 11.4 Å². The van der Waals surface area contributed by atoms with Gasteiger partial charge in [0.2, 0.25) is 0 Å². The zero-order chi connectivity index (χ0) is 8.97. The third kappa shape index (κ3) is 1.54. The Morgan fingerprint density at radius 1 is 1.58 bits per heavy atom. The Labute approximate surface area is 67.7 Å². The fraction of sp³-hybridized carbons (Fsp3) is 0. The van der Waals surface area contributed by atoms with Crippen molar-refractivity contribution in [2.45, 2.75) is 0 Å². The number of nitrogens with zero attached hydrogens (tertiary/aromatic N) is 3. The Bertz CT molecular complexity index is 309. The maximum Gasteiger partial charge on any atom is 0.273 e. The van der Waals surface area contributed by atoms with Crippen molar-refractivity contribution in [2.75, 3.05) is 0 Å². The summed E-state index contributed by atoms with van der Waals surface area (Å²) in [6.07, 6.45) is 4.07. The van der Waals surface area contributed by atoms with Crippen molar-refractivity contribution >= 4 is 11.6 Å². The van der Waals surface area contributed by atoms with Crippen molar-refractivity contribution < 1.29 is 10.0 Å². The quantitative estimate of drug-likeness (QED) is 0.339. The van der Waals surface area contributed by atoms with Crippen LogP contribution in [-0.4, -0.2) is 26.8 Å². The maximum absolute atomic E-state index is 10.6. The smallest absolute Gasteiger partial charge is 0.273 e. The van der Waals surface area contributed by atoms with Gasteiger partial charge in [0.25, 0.3) is 5.91 Å². The standard InChI is InChI=1S/C6H6N4O2/c7-6(11)5(10-12)4-3-8-1-2-9-4/h1-3,12H,(H2,7,11). The number of oxime groups is 1. The third-order valence-electron chi connectivity index (χ3n) is 1.14. The van der Waals surface area contributed by atoms with Crippen LogP contribution in [0.25, 0.3) is 0 Å². The Morgan fingerprint density at radius 2 is 2.33 bits per heavy atom. The largest absolute Gasteiger partial charge is 0.410 e. The number of rotatable bonds is 2. The summed E-state index contributed by atoms with van der Waals surface area (Å²) < 4.78 is 0. The number of nitrogens with two attached hydrogens (primary N) is 1. The summed E-state index contributed by atoms with van der Waals surface area (Å²) in [5.74, 6) is -0.849. The van der Waals surface area contributed by atoms with Gasteiger partial charge in [0.05, 0.1) is 6.20 Å². The van der Waals surface area contributed by atoms with E-state index >= 15 is 0 Å². The molecular weight excluding hydrogens is 160 g/mol. The van der Waals surface area contributed by atoms with Gasteiger partial charge in [-0.3, -0.25) is 14.8 Å². The molecule has 62 valence electrons. The maximum atomic E-state index is 10.6. The molecule has 0 saturated heterocycles. The molecule has 1 amide bonds. The molecule has 0 aliphatic heterocycles. The van der Waals surface area contributed by atoms with Crippen LogP contribution in [-0.2, 0) is 4.79 Å². The number of primary amides is 1. The van der Waals surface area contributed by atoms with Gasteiger partial charge in [-0.1, -0.05) is 5.16 Å². The summed E-state index contributed by atoms with van der Waals surface area (Å²) in [6.45, 7) is 0. The van der Waals surface area contributed by atoms with Gasteiger partial charge in [-0.15, -0.1) is 0 Å². The second kappa shape index (κ2) is 3.42. The molecular formula is C6H6N4O2. The van der Waals surface area contributed by atoms with Crippen molar-refractivity contribution in [1.82, 2.24) is 9.97 Å². The minimum absolute atomic E-state index is 0.146. The highest BCUT2D eigenvalue weighted by atomic mass is 16.4. The molecule has 0 fully saturated rings. The SMILES string of the molecule is NC(=O)C(=NO)c1cnccn1. The Kier molecular flexibility index (Phi) is 2.32. The molecule has 3 N–H and O–H groups in total. The average molecular weight is 166 g/mol. The van der Waals surface area contributed by atoms with Gasteiger partial charge in [0.15, 0.2) is 5.71 Å². The number of aromatic nitrogens is 2. The van der Waals surface area contributed by atoms with Crippen molar-refractivity contribution in [3.8, 4) is 0 Å². The average Bonchev–Trinajstić information content (AvgIpc) is 2.07. The zero-order valence-corrected chi connectivity index (χ0v) is 6.01. The van der Waals surface area contributed by atoms with E-state index in [9.17, 15) is 4.79 Å². The Morgan fingerprint density at radius 3 is 2.75 bits per heavy atom. The first-order chi connectivity index (χ1) is 5.75. The molecule has 6 nitrogen and oxygen atoms in total. The van der Waals surface area contributed by atoms with Gasteiger partial charge in [-0.2, -0.15) is 0 Å². The minimum Gasteiger partial charge on any atom is -0.410 e. The second-order valence-electron chi connectivity index (χ2n) is 1.90. The van der Waals surface area contributed by atoms with Gasteiger partial charge in [-0.05, 0) is 0 Å².